The molecule has 0 aliphatic heterocycles. The lowest BCUT2D eigenvalue weighted by molar-refractivity contribution is -0.108. The number of nitrogens with one attached hydrogen (secondary N) is 1. The molecule has 0 atom stereocenters. The van der Waals surface area contributed by atoms with Gasteiger partial charge < -0.3 is 0 Å². The minimum Gasteiger partial charge on any atom is -0.287 e. The second-order valence-electron chi connectivity index (χ2n) is 5.88. The Morgan fingerprint density at radius 2 is 1.62 bits per heavy atom. The number of allylic oxidation sites excluding steroid dienone is 1. The number of rotatable bonds is 2. The third-order valence-corrected chi connectivity index (χ3v) is 5.21. The van der Waals surface area contributed by atoms with Crippen molar-refractivity contribution in [2.75, 3.05) is 5.43 Å². The van der Waals surface area contributed by atoms with Gasteiger partial charge in [0.2, 0.25) is 5.78 Å². The number of carbonyl (C=O) groups excluding carboxylic acids is 1. The van der Waals surface area contributed by atoms with Crippen LogP contribution >= 0.6 is 37.9 Å². The topological polar surface area (TPSA) is 41.5 Å². The summed E-state index contributed by atoms with van der Waals surface area (Å²) in [6.07, 6.45) is 3.28. The molecular weight excluding hydrogens is 380 g/mol. The number of hydrogen-bond donors (Lipinski definition) is 4. The Hall–Kier alpha value is -2.15. The van der Waals surface area contributed by atoms with Crippen LogP contribution in [0.3, 0.4) is 0 Å². The standard InChI is InChI=1S/C20H14N2OS3/c23-16-7-5-11-9-12(24)10-18(26)19(11)20(16)22-21-15-6-8-17(25)14-4-2-1-3-13(14)15/h1-10,21,24-26H/b22-20+. The van der Waals surface area contributed by atoms with Crippen molar-refractivity contribution in [3.8, 4) is 0 Å². The first-order chi connectivity index (χ1) is 12.5. The largest absolute Gasteiger partial charge is 0.287 e. The maximum Gasteiger partial charge on any atom is 0.206 e. The van der Waals surface area contributed by atoms with Gasteiger partial charge in [-0.2, -0.15) is 5.10 Å². The number of anilines is 1. The molecule has 26 heavy (non-hydrogen) atoms. The van der Waals surface area contributed by atoms with Gasteiger partial charge >= 0.3 is 0 Å². The van der Waals surface area contributed by atoms with E-state index in [4.69, 9.17) is 0 Å². The zero-order chi connectivity index (χ0) is 18.3. The van der Waals surface area contributed by atoms with E-state index < -0.39 is 0 Å². The summed E-state index contributed by atoms with van der Waals surface area (Å²) in [5, 5.41) is 6.42. The van der Waals surface area contributed by atoms with Crippen LogP contribution in [-0.2, 0) is 4.79 Å². The fourth-order valence-corrected chi connectivity index (χ4v) is 4.01. The van der Waals surface area contributed by atoms with E-state index in [2.05, 4.69) is 48.4 Å². The van der Waals surface area contributed by atoms with E-state index in [1.165, 1.54) is 6.08 Å². The summed E-state index contributed by atoms with van der Waals surface area (Å²) in [6.45, 7) is 0. The molecule has 6 heteroatoms. The molecule has 0 saturated heterocycles. The second kappa shape index (κ2) is 6.87. The van der Waals surface area contributed by atoms with Crippen LogP contribution in [0.1, 0.15) is 11.1 Å². The molecule has 3 nitrogen and oxygen atoms in total. The molecule has 1 aliphatic carbocycles. The molecule has 1 N–H and O–H groups in total. The van der Waals surface area contributed by atoms with Gasteiger partial charge in [0.1, 0.15) is 5.71 Å². The lowest BCUT2D eigenvalue weighted by Gasteiger charge is -2.16. The molecule has 0 spiro atoms. The van der Waals surface area contributed by atoms with Crippen LogP contribution in [0, 0.1) is 0 Å². The van der Waals surface area contributed by atoms with Gasteiger partial charge in [0.05, 0.1) is 5.69 Å². The summed E-state index contributed by atoms with van der Waals surface area (Å²) in [4.78, 5) is 14.8. The van der Waals surface area contributed by atoms with Crippen molar-refractivity contribution in [3.63, 3.8) is 0 Å². The van der Waals surface area contributed by atoms with Gasteiger partial charge in [-0.25, -0.2) is 0 Å². The highest BCUT2D eigenvalue weighted by atomic mass is 32.1. The first kappa shape index (κ1) is 17.3. The number of hydrogen-bond acceptors (Lipinski definition) is 6. The monoisotopic (exact) mass is 394 g/mol. The molecule has 3 aromatic rings. The van der Waals surface area contributed by atoms with E-state index in [0.717, 1.165) is 31.8 Å². The summed E-state index contributed by atoms with van der Waals surface area (Å²) in [5.74, 6) is -0.165. The van der Waals surface area contributed by atoms with Gasteiger partial charge in [-0.15, -0.1) is 37.9 Å². The molecule has 1 aliphatic rings. The predicted molar refractivity (Wildman–Crippen MR) is 116 cm³/mol. The molecule has 4 rings (SSSR count). The average molecular weight is 395 g/mol. The Morgan fingerprint density at radius 1 is 0.846 bits per heavy atom. The molecule has 0 aromatic heterocycles. The zero-order valence-corrected chi connectivity index (χ0v) is 16.2. The third kappa shape index (κ3) is 3.05. The molecule has 128 valence electrons. The van der Waals surface area contributed by atoms with Crippen LogP contribution in [0.2, 0.25) is 0 Å². The van der Waals surface area contributed by atoms with Crippen molar-refractivity contribution in [3.05, 3.63) is 65.7 Å². The number of fused-ring (bicyclic) bond motifs is 2. The lowest BCUT2D eigenvalue weighted by Crippen LogP contribution is -2.20. The maximum atomic E-state index is 12.4. The number of nitrogens with zero attached hydrogens (tertiary/aromatic N) is 1. The number of benzene rings is 3. The van der Waals surface area contributed by atoms with Crippen molar-refractivity contribution in [1.29, 1.82) is 0 Å². The van der Waals surface area contributed by atoms with E-state index in [9.17, 15) is 4.79 Å². The minimum atomic E-state index is -0.165. The molecule has 0 fully saturated rings. The van der Waals surface area contributed by atoms with Gasteiger partial charge in [-0.1, -0.05) is 30.3 Å². The first-order valence-corrected chi connectivity index (χ1v) is 9.22. The number of thiol groups is 3. The van der Waals surface area contributed by atoms with Crippen LogP contribution in [-0.4, -0.2) is 11.5 Å². The Labute approximate surface area is 167 Å². The van der Waals surface area contributed by atoms with Gasteiger partial charge in [-0.05, 0) is 41.3 Å². The van der Waals surface area contributed by atoms with Crippen LogP contribution < -0.4 is 5.43 Å². The lowest BCUT2D eigenvalue weighted by atomic mass is 9.94. The van der Waals surface area contributed by atoms with Crippen molar-refractivity contribution < 1.29 is 4.79 Å². The van der Waals surface area contributed by atoms with Crippen LogP contribution in [0.15, 0.2) is 74.4 Å². The summed E-state index contributed by atoms with van der Waals surface area (Å²) in [6, 6.07) is 15.4. The van der Waals surface area contributed by atoms with Crippen molar-refractivity contribution >= 4 is 71.9 Å². The molecule has 0 heterocycles. The van der Waals surface area contributed by atoms with Crippen LogP contribution in [0.5, 0.6) is 0 Å². The summed E-state index contributed by atoms with van der Waals surface area (Å²) in [7, 11) is 0. The Balaban J connectivity index is 1.80. The third-order valence-electron chi connectivity index (χ3n) is 4.21. The van der Waals surface area contributed by atoms with E-state index in [0.29, 0.717) is 16.2 Å². The highest BCUT2D eigenvalue weighted by Crippen LogP contribution is 2.30. The van der Waals surface area contributed by atoms with E-state index in [1.807, 2.05) is 42.5 Å². The quantitative estimate of drug-likeness (QED) is 0.360. The predicted octanol–water partition coefficient (Wildman–Crippen LogP) is 5.12. The number of hydrazone groups is 1. The second-order valence-corrected chi connectivity index (χ2v) is 7.36. The smallest absolute Gasteiger partial charge is 0.206 e. The fourth-order valence-electron chi connectivity index (χ4n) is 3.00. The van der Waals surface area contributed by atoms with Gasteiger partial charge in [0.25, 0.3) is 0 Å². The maximum absolute atomic E-state index is 12.4. The van der Waals surface area contributed by atoms with E-state index in [1.54, 1.807) is 12.1 Å². The molecule has 0 bridgehead atoms. The Kier molecular flexibility index (Phi) is 4.56. The molecule has 3 aromatic carbocycles. The van der Waals surface area contributed by atoms with Crippen molar-refractivity contribution in [2.24, 2.45) is 5.10 Å². The number of ketones is 1. The van der Waals surface area contributed by atoms with Crippen molar-refractivity contribution in [1.82, 2.24) is 0 Å². The van der Waals surface area contributed by atoms with Gasteiger partial charge in [0.15, 0.2) is 0 Å². The highest BCUT2D eigenvalue weighted by molar-refractivity contribution is 7.81. The summed E-state index contributed by atoms with van der Waals surface area (Å²) < 4.78 is 0. The average Bonchev–Trinajstić information content (AvgIpc) is 2.63. The summed E-state index contributed by atoms with van der Waals surface area (Å²) in [5.41, 5.74) is 5.77. The molecule has 0 unspecified atom stereocenters. The van der Waals surface area contributed by atoms with Crippen LogP contribution in [0.4, 0.5) is 5.69 Å². The zero-order valence-electron chi connectivity index (χ0n) is 13.5. The Morgan fingerprint density at radius 3 is 2.42 bits per heavy atom. The molecule has 0 saturated carbocycles. The molecule has 0 radical (unpaired) electrons. The molecular formula is C20H14N2OS3. The highest BCUT2D eigenvalue weighted by Gasteiger charge is 2.22. The minimum absolute atomic E-state index is 0.165. The van der Waals surface area contributed by atoms with E-state index in [-0.39, 0.29) is 5.78 Å². The number of carbonyl (C=O) groups is 1. The Bertz CT molecular complexity index is 1120. The normalized spacial score (nSPS) is 14.7. The van der Waals surface area contributed by atoms with Crippen molar-refractivity contribution in [2.45, 2.75) is 14.7 Å². The van der Waals surface area contributed by atoms with Gasteiger partial charge in [-0.3, -0.25) is 10.2 Å². The SMILES string of the molecule is O=C1C=Cc2cc(S)cc(S)c2/C1=N/Nc1ccc(S)c2ccccc12. The fraction of sp³-hybridized carbons (Fsp3) is 0. The first-order valence-electron chi connectivity index (χ1n) is 7.88. The summed E-state index contributed by atoms with van der Waals surface area (Å²) >= 11 is 13.4. The van der Waals surface area contributed by atoms with E-state index >= 15 is 0 Å². The van der Waals surface area contributed by atoms with Gasteiger partial charge in [0, 0.05) is 25.6 Å². The van der Waals surface area contributed by atoms with Crippen LogP contribution in [0.25, 0.3) is 16.8 Å². The molecule has 0 amide bonds.